The summed E-state index contributed by atoms with van der Waals surface area (Å²) < 4.78 is 11.3. The molecule has 1 saturated heterocycles. The highest BCUT2D eigenvalue weighted by Crippen LogP contribution is 2.41. The molecule has 2 bridgehead atoms. The minimum Gasteiger partial charge on any atom is -0.472 e. The van der Waals surface area contributed by atoms with Crippen molar-refractivity contribution in [1.82, 2.24) is 9.97 Å². The second-order valence-electron chi connectivity index (χ2n) is 7.57. The maximum atomic E-state index is 6.23. The Morgan fingerprint density at radius 3 is 2.67 bits per heavy atom. The molecule has 0 aromatic carbocycles. The molecule has 2 unspecified atom stereocenters. The molecular formula is C18H26ClN3O2. The van der Waals surface area contributed by atoms with Crippen molar-refractivity contribution in [2.45, 2.75) is 57.1 Å². The molecule has 6 heteroatoms. The molecule has 0 N–H and O–H groups in total. The third kappa shape index (κ3) is 3.62. The van der Waals surface area contributed by atoms with Crippen LogP contribution in [0.25, 0.3) is 0 Å². The van der Waals surface area contributed by atoms with Gasteiger partial charge in [-0.2, -0.15) is 4.98 Å². The van der Waals surface area contributed by atoms with Crippen LogP contribution in [0, 0.1) is 11.8 Å². The largest absolute Gasteiger partial charge is 0.472 e. The van der Waals surface area contributed by atoms with Crippen molar-refractivity contribution >= 4 is 17.5 Å². The van der Waals surface area contributed by atoms with Crippen molar-refractivity contribution in [3.63, 3.8) is 0 Å². The minimum atomic E-state index is 0.0724. The van der Waals surface area contributed by atoms with Crippen LogP contribution >= 0.6 is 11.6 Å². The van der Waals surface area contributed by atoms with Gasteiger partial charge in [0, 0.05) is 25.6 Å². The first-order valence-corrected chi connectivity index (χ1v) is 9.57. The molecule has 1 aromatic rings. The number of nitrogens with zero attached hydrogens (tertiary/aromatic N) is 3. The molecule has 5 nitrogen and oxygen atoms in total. The summed E-state index contributed by atoms with van der Waals surface area (Å²) in [6, 6.07) is 2.21. The molecule has 0 radical (unpaired) electrons. The van der Waals surface area contributed by atoms with E-state index >= 15 is 0 Å². The summed E-state index contributed by atoms with van der Waals surface area (Å²) >= 11 is 6.23. The van der Waals surface area contributed by atoms with Crippen LogP contribution in [0.3, 0.4) is 0 Å². The van der Waals surface area contributed by atoms with Gasteiger partial charge in [0.2, 0.25) is 11.8 Å². The Morgan fingerprint density at radius 2 is 1.96 bits per heavy atom. The fraction of sp³-hybridized carbons (Fsp3) is 0.778. The van der Waals surface area contributed by atoms with Gasteiger partial charge < -0.3 is 14.4 Å². The van der Waals surface area contributed by atoms with Crippen LogP contribution in [0.5, 0.6) is 5.88 Å². The van der Waals surface area contributed by atoms with Gasteiger partial charge in [0.1, 0.15) is 11.3 Å². The highest BCUT2D eigenvalue weighted by Gasteiger charge is 2.34. The smallest absolute Gasteiger partial charge is 0.230 e. The SMILES string of the molecule is CN(c1nc(Cl)cc(OC2CCOC2)n1)C1C[C@H]2CCC[C@@H](C1)C2. The maximum Gasteiger partial charge on any atom is 0.230 e. The Bertz CT molecular complexity index is 567. The van der Waals surface area contributed by atoms with E-state index in [0.717, 1.165) is 24.9 Å². The molecule has 3 fully saturated rings. The van der Waals surface area contributed by atoms with Crippen molar-refractivity contribution in [2.24, 2.45) is 11.8 Å². The predicted molar refractivity (Wildman–Crippen MR) is 93.8 cm³/mol. The van der Waals surface area contributed by atoms with Crippen molar-refractivity contribution in [3.05, 3.63) is 11.2 Å². The first-order valence-electron chi connectivity index (χ1n) is 9.19. The van der Waals surface area contributed by atoms with E-state index in [0.29, 0.717) is 29.6 Å². The summed E-state index contributed by atoms with van der Waals surface area (Å²) in [7, 11) is 2.10. The summed E-state index contributed by atoms with van der Waals surface area (Å²) in [5.41, 5.74) is 0. The Labute approximate surface area is 148 Å². The first kappa shape index (κ1) is 16.4. The summed E-state index contributed by atoms with van der Waals surface area (Å²) in [5.74, 6) is 2.98. The van der Waals surface area contributed by atoms with Gasteiger partial charge in [-0.05, 0) is 31.1 Å². The molecule has 4 atom stereocenters. The van der Waals surface area contributed by atoms with Crippen molar-refractivity contribution < 1.29 is 9.47 Å². The number of fused-ring (bicyclic) bond motifs is 2. The number of rotatable bonds is 4. The van der Waals surface area contributed by atoms with Gasteiger partial charge in [-0.15, -0.1) is 0 Å². The van der Waals surface area contributed by atoms with Crippen LogP contribution in [-0.4, -0.2) is 42.4 Å². The van der Waals surface area contributed by atoms with E-state index in [2.05, 4.69) is 21.9 Å². The Hall–Kier alpha value is -1.07. The standard InChI is InChI=1S/C18H26ClN3O2/c1-22(14-8-12-3-2-4-13(7-12)9-14)18-20-16(19)10-17(21-18)24-15-5-6-23-11-15/h10,12-15H,2-9,11H2,1H3/t12-,13+,14?,15?. The van der Waals surface area contributed by atoms with E-state index in [-0.39, 0.29) is 6.10 Å². The molecule has 0 spiro atoms. The van der Waals surface area contributed by atoms with Crippen LogP contribution in [0.2, 0.25) is 5.15 Å². The number of aromatic nitrogens is 2. The Morgan fingerprint density at radius 1 is 1.17 bits per heavy atom. The van der Waals surface area contributed by atoms with Crippen LogP contribution in [0.1, 0.15) is 44.9 Å². The predicted octanol–water partition coefficient (Wildman–Crippen LogP) is 3.70. The van der Waals surface area contributed by atoms with Crippen LogP contribution in [0.4, 0.5) is 5.95 Å². The third-order valence-corrected chi connectivity index (χ3v) is 5.99. The zero-order valence-corrected chi connectivity index (χ0v) is 15.0. The average Bonchev–Trinajstić information content (AvgIpc) is 3.06. The molecule has 2 saturated carbocycles. The van der Waals surface area contributed by atoms with Crippen molar-refractivity contribution in [2.75, 3.05) is 25.2 Å². The number of hydrogen-bond acceptors (Lipinski definition) is 5. The molecule has 4 rings (SSSR count). The van der Waals surface area contributed by atoms with Crippen LogP contribution < -0.4 is 9.64 Å². The van der Waals surface area contributed by atoms with E-state index < -0.39 is 0 Å². The molecule has 24 heavy (non-hydrogen) atoms. The van der Waals surface area contributed by atoms with Gasteiger partial charge in [-0.3, -0.25) is 0 Å². The van der Waals surface area contributed by atoms with E-state index in [1.807, 2.05) is 0 Å². The van der Waals surface area contributed by atoms with Gasteiger partial charge in [0.05, 0.1) is 13.2 Å². The number of hydrogen-bond donors (Lipinski definition) is 0. The maximum absolute atomic E-state index is 6.23. The second-order valence-corrected chi connectivity index (χ2v) is 7.95. The summed E-state index contributed by atoms with van der Waals surface area (Å²) in [6.07, 6.45) is 9.05. The highest BCUT2D eigenvalue weighted by atomic mass is 35.5. The van der Waals surface area contributed by atoms with Gasteiger partial charge in [-0.25, -0.2) is 4.98 Å². The minimum absolute atomic E-state index is 0.0724. The summed E-state index contributed by atoms with van der Waals surface area (Å²) in [5, 5.41) is 0.441. The third-order valence-electron chi connectivity index (χ3n) is 5.80. The topological polar surface area (TPSA) is 47.5 Å². The number of halogens is 1. The average molecular weight is 352 g/mol. The molecule has 2 heterocycles. The lowest BCUT2D eigenvalue weighted by Gasteiger charge is -2.42. The molecule has 1 aromatic heterocycles. The zero-order chi connectivity index (χ0) is 16.5. The van der Waals surface area contributed by atoms with Gasteiger partial charge in [-0.1, -0.05) is 30.9 Å². The molecule has 132 valence electrons. The monoisotopic (exact) mass is 351 g/mol. The van der Waals surface area contributed by atoms with Gasteiger partial charge in [0.15, 0.2) is 0 Å². The lowest BCUT2D eigenvalue weighted by molar-refractivity contribution is 0.138. The lowest BCUT2D eigenvalue weighted by atomic mass is 9.70. The number of ether oxygens (including phenoxy) is 2. The molecular weight excluding hydrogens is 326 g/mol. The quantitative estimate of drug-likeness (QED) is 0.774. The van der Waals surface area contributed by atoms with Crippen LogP contribution in [0.15, 0.2) is 6.07 Å². The fourth-order valence-corrected chi connectivity index (χ4v) is 4.72. The second kappa shape index (κ2) is 7.04. The van der Waals surface area contributed by atoms with Crippen LogP contribution in [-0.2, 0) is 4.74 Å². The molecule has 3 aliphatic rings. The van der Waals surface area contributed by atoms with Crippen molar-refractivity contribution in [1.29, 1.82) is 0 Å². The molecule has 0 amide bonds. The lowest BCUT2D eigenvalue weighted by Crippen LogP contribution is -2.41. The summed E-state index contributed by atoms with van der Waals surface area (Å²) in [4.78, 5) is 11.3. The van der Waals surface area contributed by atoms with E-state index in [9.17, 15) is 0 Å². The Balaban J connectivity index is 1.48. The van der Waals surface area contributed by atoms with Gasteiger partial charge in [0.25, 0.3) is 0 Å². The van der Waals surface area contributed by atoms with Crippen molar-refractivity contribution in [3.8, 4) is 5.88 Å². The normalized spacial score (nSPS) is 32.6. The van der Waals surface area contributed by atoms with E-state index in [4.69, 9.17) is 21.1 Å². The molecule has 2 aliphatic carbocycles. The fourth-order valence-electron chi connectivity index (χ4n) is 4.56. The zero-order valence-electron chi connectivity index (χ0n) is 14.3. The highest BCUT2D eigenvalue weighted by molar-refractivity contribution is 6.29. The molecule has 1 aliphatic heterocycles. The Kier molecular flexibility index (Phi) is 4.81. The number of anilines is 1. The summed E-state index contributed by atoms with van der Waals surface area (Å²) in [6.45, 7) is 1.37. The van der Waals surface area contributed by atoms with Gasteiger partial charge >= 0.3 is 0 Å². The first-order chi connectivity index (χ1) is 11.7. The van der Waals surface area contributed by atoms with E-state index in [1.165, 1.54) is 38.5 Å². The van der Waals surface area contributed by atoms with E-state index in [1.54, 1.807) is 6.07 Å².